The molecule has 1 N–H and O–H groups in total. The van der Waals surface area contributed by atoms with Crippen molar-refractivity contribution in [2.75, 3.05) is 30.4 Å². The van der Waals surface area contributed by atoms with Crippen LogP contribution in [0, 0.1) is 33.6 Å². The molecular weight excluding hydrogens is 438 g/mol. The Balaban J connectivity index is 1.66. The van der Waals surface area contributed by atoms with Gasteiger partial charge >= 0.3 is 0 Å². The van der Waals surface area contributed by atoms with Crippen LogP contribution in [-0.2, 0) is 19.6 Å². The van der Waals surface area contributed by atoms with Crippen LogP contribution in [0.1, 0.15) is 42.0 Å². The molecule has 33 heavy (non-hydrogen) atoms. The number of aryl methyl sites for hydroxylation is 2. The molecule has 1 heterocycles. The van der Waals surface area contributed by atoms with Crippen molar-refractivity contribution in [1.29, 1.82) is 0 Å². The van der Waals surface area contributed by atoms with E-state index < -0.39 is 10.0 Å². The average Bonchev–Trinajstić information content (AvgIpc) is 2.77. The summed E-state index contributed by atoms with van der Waals surface area (Å²) in [6.07, 6.45) is 0.943. The third-order valence-electron chi connectivity index (χ3n) is 6.71. The van der Waals surface area contributed by atoms with Gasteiger partial charge in [0.25, 0.3) is 0 Å². The molecule has 1 aliphatic rings. The average molecular weight is 472 g/mol. The summed E-state index contributed by atoms with van der Waals surface area (Å²) in [5, 5.41) is 2.92. The van der Waals surface area contributed by atoms with Crippen LogP contribution in [0.15, 0.2) is 35.2 Å². The molecule has 178 valence electrons. The maximum Gasteiger partial charge on any atom is 0.243 e. The van der Waals surface area contributed by atoms with Crippen LogP contribution in [0.25, 0.3) is 0 Å². The van der Waals surface area contributed by atoms with Crippen molar-refractivity contribution in [3.8, 4) is 0 Å². The molecule has 0 bridgehead atoms. The molecule has 2 amide bonds. The van der Waals surface area contributed by atoms with Crippen molar-refractivity contribution in [2.24, 2.45) is 5.92 Å². The Morgan fingerprint density at radius 2 is 1.48 bits per heavy atom. The fraction of sp³-hybridized carbons (Fsp3) is 0.440. The standard InChI is InChI=1S/C25H33N3O4S/c1-16-15-17(2)19(4)24(18(16)3)33(31,32)28-13-11-21(12-14-28)25(30)26-22-7-9-23(10-8-22)27(6)20(5)29/h7-10,15,21H,11-14H2,1-6H3,(H,26,30). The number of amides is 2. The second-order valence-electron chi connectivity index (χ2n) is 8.88. The number of carbonyl (C=O) groups excluding carboxylic acids is 2. The van der Waals surface area contributed by atoms with Gasteiger partial charge < -0.3 is 10.2 Å². The topological polar surface area (TPSA) is 86.8 Å². The Kier molecular flexibility index (Phi) is 7.29. The molecule has 7 nitrogen and oxygen atoms in total. The summed E-state index contributed by atoms with van der Waals surface area (Å²) in [7, 11) is -1.93. The Morgan fingerprint density at radius 3 is 1.97 bits per heavy atom. The van der Waals surface area contributed by atoms with E-state index in [1.54, 1.807) is 31.3 Å². The third-order valence-corrected chi connectivity index (χ3v) is 8.89. The minimum atomic E-state index is -3.63. The fourth-order valence-electron chi connectivity index (χ4n) is 4.25. The highest BCUT2D eigenvalue weighted by Gasteiger charge is 2.34. The van der Waals surface area contributed by atoms with Gasteiger partial charge in [-0.05, 0) is 87.1 Å². The fourth-order valence-corrected chi connectivity index (χ4v) is 6.30. The lowest BCUT2D eigenvalue weighted by Gasteiger charge is -2.32. The van der Waals surface area contributed by atoms with Gasteiger partial charge in [0, 0.05) is 44.4 Å². The van der Waals surface area contributed by atoms with Crippen molar-refractivity contribution in [2.45, 2.75) is 52.4 Å². The van der Waals surface area contributed by atoms with E-state index in [0.717, 1.165) is 27.9 Å². The highest BCUT2D eigenvalue weighted by atomic mass is 32.2. The lowest BCUT2D eigenvalue weighted by atomic mass is 9.97. The molecule has 0 saturated carbocycles. The largest absolute Gasteiger partial charge is 0.326 e. The first-order valence-corrected chi connectivity index (χ1v) is 12.6. The molecule has 8 heteroatoms. The molecular formula is C25H33N3O4S. The number of benzene rings is 2. The first kappa shape index (κ1) is 24.9. The molecule has 0 atom stereocenters. The molecule has 1 saturated heterocycles. The van der Waals surface area contributed by atoms with Crippen LogP contribution in [0.2, 0.25) is 0 Å². The summed E-state index contributed by atoms with van der Waals surface area (Å²) < 4.78 is 28.4. The summed E-state index contributed by atoms with van der Waals surface area (Å²) in [4.78, 5) is 26.2. The number of nitrogens with one attached hydrogen (secondary N) is 1. The Bertz CT molecular complexity index is 1140. The van der Waals surface area contributed by atoms with E-state index in [-0.39, 0.29) is 17.7 Å². The number of piperidine rings is 1. The van der Waals surface area contributed by atoms with Gasteiger partial charge in [-0.1, -0.05) is 6.07 Å². The number of hydrogen-bond acceptors (Lipinski definition) is 4. The Labute approximate surface area is 196 Å². The quantitative estimate of drug-likeness (QED) is 0.716. The van der Waals surface area contributed by atoms with E-state index in [0.29, 0.717) is 36.5 Å². The van der Waals surface area contributed by atoms with Gasteiger partial charge in [0.1, 0.15) is 0 Å². The van der Waals surface area contributed by atoms with E-state index >= 15 is 0 Å². The zero-order valence-corrected chi connectivity index (χ0v) is 21.0. The van der Waals surface area contributed by atoms with Gasteiger partial charge in [-0.2, -0.15) is 4.31 Å². The number of anilines is 2. The number of hydrogen-bond donors (Lipinski definition) is 1. The van der Waals surface area contributed by atoms with Crippen LogP contribution in [0.5, 0.6) is 0 Å². The molecule has 2 aromatic carbocycles. The molecule has 3 rings (SSSR count). The molecule has 2 aromatic rings. The van der Waals surface area contributed by atoms with E-state index in [1.807, 2.05) is 33.8 Å². The van der Waals surface area contributed by atoms with Crippen LogP contribution >= 0.6 is 0 Å². The first-order valence-electron chi connectivity index (χ1n) is 11.2. The predicted octanol–water partition coefficient (Wildman–Crippen LogP) is 3.94. The lowest BCUT2D eigenvalue weighted by molar-refractivity contribution is -0.121. The monoisotopic (exact) mass is 471 g/mol. The number of nitrogens with zero attached hydrogens (tertiary/aromatic N) is 2. The van der Waals surface area contributed by atoms with E-state index in [2.05, 4.69) is 5.32 Å². The summed E-state index contributed by atoms with van der Waals surface area (Å²) in [6.45, 7) is 9.70. The van der Waals surface area contributed by atoms with E-state index in [1.165, 1.54) is 16.1 Å². The smallest absolute Gasteiger partial charge is 0.243 e. The van der Waals surface area contributed by atoms with Gasteiger partial charge in [-0.3, -0.25) is 9.59 Å². The van der Waals surface area contributed by atoms with E-state index in [9.17, 15) is 18.0 Å². The molecule has 1 aliphatic heterocycles. The summed E-state index contributed by atoms with van der Waals surface area (Å²) in [5.74, 6) is -0.435. The maximum absolute atomic E-state index is 13.4. The van der Waals surface area contributed by atoms with Crippen molar-refractivity contribution in [3.05, 3.63) is 52.6 Å². The van der Waals surface area contributed by atoms with Gasteiger partial charge in [-0.15, -0.1) is 0 Å². The zero-order chi connectivity index (χ0) is 24.5. The van der Waals surface area contributed by atoms with Crippen molar-refractivity contribution < 1.29 is 18.0 Å². The molecule has 0 aromatic heterocycles. The normalized spacial score (nSPS) is 15.3. The van der Waals surface area contributed by atoms with Crippen LogP contribution in [0.3, 0.4) is 0 Å². The van der Waals surface area contributed by atoms with Gasteiger partial charge in [0.05, 0.1) is 4.90 Å². The van der Waals surface area contributed by atoms with Gasteiger partial charge in [0.2, 0.25) is 21.8 Å². The Morgan fingerprint density at radius 1 is 0.970 bits per heavy atom. The summed E-state index contributed by atoms with van der Waals surface area (Å²) in [6, 6.07) is 9.10. The van der Waals surface area contributed by atoms with Crippen LogP contribution in [-0.4, -0.2) is 44.7 Å². The van der Waals surface area contributed by atoms with Crippen LogP contribution < -0.4 is 10.2 Å². The lowest BCUT2D eigenvalue weighted by Crippen LogP contribution is -2.41. The molecule has 0 radical (unpaired) electrons. The minimum absolute atomic E-state index is 0.0697. The summed E-state index contributed by atoms with van der Waals surface area (Å²) >= 11 is 0. The SMILES string of the molecule is CC(=O)N(C)c1ccc(NC(=O)C2CCN(S(=O)(=O)c3c(C)c(C)cc(C)c3C)CC2)cc1. The van der Waals surface area contributed by atoms with Crippen LogP contribution in [0.4, 0.5) is 11.4 Å². The second-order valence-corrected chi connectivity index (χ2v) is 10.8. The number of rotatable bonds is 5. The molecule has 0 spiro atoms. The number of carbonyl (C=O) groups is 2. The zero-order valence-electron chi connectivity index (χ0n) is 20.2. The number of sulfonamides is 1. The first-order chi connectivity index (χ1) is 15.4. The Hall–Kier alpha value is -2.71. The minimum Gasteiger partial charge on any atom is -0.326 e. The highest BCUT2D eigenvalue weighted by molar-refractivity contribution is 7.89. The summed E-state index contributed by atoms with van der Waals surface area (Å²) in [5.41, 5.74) is 4.90. The molecule has 0 aliphatic carbocycles. The van der Waals surface area contributed by atoms with Crippen molar-refractivity contribution in [1.82, 2.24) is 4.31 Å². The van der Waals surface area contributed by atoms with E-state index in [4.69, 9.17) is 0 Å². The highest BCUT2D eigenvalue weighted by Crippen LogP contribution is 2.31. The van der Waals surface area contributed by atoms with Crippen molar-refractivity contribution >= 4 is 33.2 Å². The van der Waals surface area contributed by atoms with Gasteiger partial charge in [-0.25, -0.2) is 8.42 Å². The maximum atomic E-state index is 13.4. The second kappa shape index (κ2) is 9.65. The molecule has 1 fully saturated rings. The third kappa shape index (κ3) is 5.12. The predicted molar refractivity (Wildman–Crippen MR) is 131 cm³/mol. The van der Waals surface area contributed by atoms with Crippen molar-refractivity contribution in [3.63, 3.8) is 0 Å². The van der Waals surface area contributed by atoms with Gasteiger partial charge in [0.15, 0.2) is 0 Å². The molecule has 0 unspecified atom stereocenters.